The van der Waals surface area contributed by atoms with Gasteiger partial charge in [0, 0.05) is 12.1 Å². The first-order valence-electron chi connectivity index (χ1n) is 5.47. The van der Waals surface area contributed by atoms with Crippen molar-refractivity contribution in [2.24, 2.45) is 0 Å². The van der Waals surface area contributed by atoms with Crippen LogP contribution in [0.2, 0.25) is 0 Å². The summed E-state index contributed by atoms with van der Waals surface area (Å²) in [5, 5.41) is 0. The number of halogens is 1. The van der Waals surface area contributed by atoms with E-state index in [0.29, 0.717) is 5.92 Å². The lowest BCUT2D eigenvalue weighted by atomic mass is 9.90. The fourth-order valence-electron chi connectivity index (χ4n) is 1.94. The predicted octanol–water partition coefficient (Wildman–Crippen LogP) is 3.76. The number of aromatic nitrogens is 1. The van der Waals surface area contributed by atoms with E-state index in [1.165, 1.54) is 11.6 Å². The molecule has 1 aromatic carbocycles. The number of hydrogen-bond acceptors (Lipinski definition) is 1. The minimum atomic E-state index is -0.424. The minimum Gasteiger partial charge on any atom is -0.228 e. The molecule has 2 rings (SSSR count). The largest absolute Gasteiger partial charge is 0.228 e. The van der Waals surface area contributed by atoms with Crippen molar-refractivity contribution in [1.82, 2.24) is 4.98 Å². The third-order valence-electron chi connectivity index (χ3n) is 2.76. The molecule has 1 atom stereocenters. The van der Waals surface area contributed by atoms with Gasteiger partial charge in [0.15, 0.2) is 0 Å². The lowest BCUT2D eigenvalue weighted by Gasteiger charge is -2.15. The van der Waals surface area contributed by atoms with Crippen LogP contribution in [0.3, 0.4) is 0 Å². The molecule has 0 aliphatic rings. The first-order chi connectivity index (χ1) is 7.81. The van der Waals surface area contributed by atoms with Crippen molar-refractivity contribution >= 4 is 0 Å². The Morgan fingerprint density at radius 1 is 1.06 bits per heavy atom. The zero-order valence-electron chi connectivity index (χ0n) is 9.23. The van der Waals surface area contributed by atoms with Crippen LogP contribution in [0.5, 0.6) is 0 Å². The molecule has 1 heterocycles. The Balaban J connectivity index is 2.33. The van der Waals surface area contributed by atoms with E-state index >= 15 is 0 Å². The highest BCUT2D eigenvalue weighted by atomic mass is 19.1. The summed E-state index contributed by atoms with van der Waals surface area (Å²) in [4.78, 5) is 3.71. The molecule has 0 radical (unpaired) electrons. The summed E-state index contributed by atoms with van der Waals surface area (Å²) in [5.74, 6) is -0.124. The molecular weight excluding hydrogens is 201 g/mol. The van der Waals surface area contributed by atoms with E-state index in [4.69, 9.17) is 0 Å². The Kier molecular flexibility index (Phi) is 3.30. The molecule has 0 fully saturated rings. The Morgan fingerprint density at radius 3 is 2.38 bits per heavy atom. The zero-order valence-corrected chi connectivity index (χ0v) is 9.23. The highest BCUT2D eigenvalue weighted by Gasteiger charge is 2.11. The van der Waals surface area contributed by atoms with Gasteiger partial charge in [-0.2, -0.15) is 4.39 Å². The van der Waals surface area contributed by atoms with Crippen LogP contribution in [-0.4, -0.2) is 4.98 Å². The van der Waals surface area contributed by atoms with E-state index < -0.39 is 5.95 Å². The van der Waals surface area contributed by atoms with E-state index in [2.05, 4.69) is 24.0 Å². The average molecular weight is 215 g/mol. The zero-order chi connectivity index (χ0) is 11.4. The molecule has 0 amide bonds. The summed E-state index contributed by atoms with van der Waals surface area (Å²) in [6, 6.07) is 13.5. The van der Waals surface area contributed by atoms with E-state index in [1.54, 1.807) is 6.20 Å². The SMILES string of the molecule is CC[C@H](c1ccccc1)c1ccc(F)nc1. The summed E-state index contributed by atoms with van der Waals surface area (Å²) in [6.45, 7) is 2.13. The minimum absolute atomic E-state index is 0.300. The van der Waals surface area contributed by atoms with Crippen LogP contribution in [0, 0.1) is 5.95 Å². The Bertz CT molecular complexity index is 436. The van der Waals surface area contributed by atoms with Crippen molar-refractivity contribution < 1.29 is 4.39 Å². The summed E-state index contributed by atoms with van der Waals surface area (Å²) < 4.78 is 12.7. The van der Waals surface area contributed by atoms with E-state index in [9.17, 15) is 4.39 Å². The standard InChI is InChI=1S/C14H14FN/c1-2-13(11-6-4-3-5-7-11)12-8-9-14(15)16-10-12/h3-10,13H,2H2,1H3/t13-/m1/s1. The molecule has 2 aromatic rings. The van der Waals surface area contributed by atoms with Gasteiger partial charge in [-0.1, -0.05) is 43.3 Å². The van der Waals surface area contributed by atoms with Crippen molar-refractivity contribution in [2.75, 3.05) is 0 Å². The summed E-state index contributed by atoms with van der Waals surface area (Å²) in [5.41, 5.74) is 2.31. The molecule has 16 heavy (non-hydrogen) atoms. The molecule has 0 saturated heterocycles. The van der Waals surface area contributed by atoms with E-state index in [1.807, 2.05) is 24.3 Å². The maximum atomic E-state index is 12.7. The van der Waals surface area contributed by atoms with Gasteiger partial charge in [0.2, 0.25) is 5.95 Å². The van der Waals surface area contributed by atoms with Gasteiger partial charge in [0.1, 0.15) is 0 Å². The molecule has 82 valence electrons. The highest BCUT2D eigenvalue weighted by Crippen LogP contribution is 2.26. The number of rotatable bonds is 3. The molecule has 1 aromatic heterocycles. The monoisotopic (exact) mass is 215 g/mol. The molecule has 2 heteroatoms. The molecule has 0 spiro atoms. The van der Waals surface area contributed by atoms with Crippen molar-refractivity contribution in [2.45, 2.75) is 19.3 Å². The smallest absolute Gasteiger partial charge is 0.212 e. The molecule has 0 N–H and O–H groups in total. The third kappa shape index (κ3) is 2.27. The number of hydrogen-bond donors (Lipinski definition) is 0. The maximum Gasteiger partial charge on any atom is 0.212 e. The van der Waals surface area contributed by atoms with Crippen molar-refractivity contribution in [3.8, 4) is 0 Å². The number of benzene rings is 1. The second kappa shape index (κ2) is 4.88. The van der Waals surface area contributed by atoms with Crippen LogP contribution in [0.15, 0.2) is 48.7 Å². The van der Waals surface area contributed by atoms with Crippen molar-refractivity contribution in [3.63, 3.8) is 0 Å². The number of pyridine rings is 1. The first-order valence-corrected chi connectivity index (χ1v) is 5.47. The van der Waals surface area contributed by atoms with Gasteiger partial charge < -0.3 is 0 Å². The van der Waals surface area contributed by atoms with Gasteiger partial charge in [0.25, 0.3) is 0 Å². The van der Waals surface area contributed by atoms with Crippen LogP contribution in [0.25, 0.3) is 0 Å². The van der Waals surface area contributed by atoms with Gasteiger partial charge in [-0.15, -0.1) is 0 Å². The van der Waals surface area contributed by atoms with Crippen LogP contribution < -0.4 is 0 Å². The van der Waals surface area contributed by atoms with Gasteiger partial charge in [-0.05, 0) is 23.6 Å². The molecule has 0 unspecified atom stereocenters. The summed E-state index contributed by atoms with van der Waals surface area (Å²) in [7, 11) is 0. The van der Waals surface area contributed by atoms with Crippen molar-refractivity contribution in [3.05, 3.63) is 65.7 Å². The molecular formula is C14H14FN. The summed E-state index contributed by atoms with van der Waals surface area (Å²) >= 11 is 0. The van der Waals surface area contributed by atoms with Gasteiger partial charge in [-0.3, -0.25) is 0 Å². The second-order valence-corrected chi connectivity index (χ2v) is 3.79. The topological polar surface area (TPSA) is 12.9 Å². The fourth-order valence-corrected chi connectivity index (χ4v) is 1.94. The molecule has 0 aliphatic heterocycles. The molecule has 1 nitrogen and oxygen atoms in total. The van der Waals surface area contributed by atoms with E-state index in [0.717, 1.165) is 12.0 Å². The van der Waals surface area contributed by atoms with Gasteiger partial charge >= 0.3 is 0 Å². The quantitative estimate of drug-likeness (QED) is 0.710. The first kappa shape index (κ1) is 10.8. The lowest BCUT2D eigenvalue weighted by Crippen LogP contribution is -2.00. The van der Waals surface area contributed by atoms with Gasteiger partial charge in [0.05, 0.1) is 0 Å². The summed E-state index contributed by atoms with van der Waals surface area (Å²) in [6.07, 6.45) is 2.60. The Morgan fingerprint density at radius 2 is 1.81 bits per heavy atom. The maximum absolute atomic E-state index is 12.7. The van der Waals surface area contributed by atoms with Gasteiger partial charge in [-0.25, -0.2) is 4.98 Å². The van der Waals surface area contributed by atoms with Crippen LogP contribution in [0.1, 0.15) is 30.4 Å². The average Bonchev–Trinajstić information content (AvgIpc) is 2.34. The fraction of sp³-hybridized carbons (Fsp3) is 0.214. The van der Waals surface area contributed by atoms with Crippen LogP contribution in [0.4, 0.5) is 4.39 Å². The number of nitrogens with zero attached hydrogens (tertiary/aromatic N) is 1. The lowest BCUT2D eigenvalue weighted by molar-refractivity contribution is 0.580. The van der Waals surface area contributed by atoms with Crippen LogP contribution >= 0.6 is 0 Å². The highest BCUT2D eigenvalue weighted by molar-refractivity contribution is 5.30. The molecule has 0 saturated carbocycles. The van der Waals surface area contributed by atoms with Crippen molar-refractivity contribution in [1.29, 1.82) is 0 Å². The van der Waals surface area contributed by atoms with E-state index in [-0.39, 0.29) is 0 Å². The predicted molar refractivity (Wildman–Crippen MR) is 62.8 cm³/mol. The third-order valence-corrected chi connectivity index (χ3v) is 2.76. The Hall–Kier alpha value is -1.70. The molecule has 0 bridgehead atoms. The second-order valence-electron chi connectivity index (χ2n) is 3.79. The normalized spacial score (nSPS) is 12.4. The Labute approximate surface area is 95.0 Å². The molecule has 0 aliphatic carbocycles. The van der Waals surface area contributed by atoms with Crippen LogP contribution in [-0.2, 0) is 0 Å².